The molecule has 4 fully saturated rings. The topological polar surface area (TPSA) is 249 Å². The van der Waals surface area contributed by atoms with Gasteiger partial charge in [-0.2, -0.15) is 0 Å². The molecule has 4 heterocycles. The van der Waals surface area contributed by atoms with Crippen LogP contribution in [0.2, 0.25) is 0 Å². The number of cyclic esters (lactones) is 1. The Bertz CT molecular complexity index is 2380. The van der Waals surface area contributed by atoms with Gasteiger partial charge in [0.15, 0.2) is 18.7 Å². The lowest BCUT2D eigenvalue weighted by atomic mass is 9.74. The highest BCUT2D eigenvalue weighted by Crippen LogP contribution is 2.44. The predicted octanol–water partition coefficient (Wildman–Crippen LogP) is 5.17. The second kappa shape index (κ2) is 27.7. The highest BCUT2D eigenvalue weighted by molar-refractivity contribution is 5.90. The van der Waals surface area contributed by atoms with E-state index in [1.165, 1.54) is 11.8 Å². The van der Waals surface area contributed by atoms with Crippen molar-refractivity contribution in [2.75, 3.05) is 109 Å². The molecule has 82 heavy (non-hydrogen) atoms. The number of hydrogen-bond donors (Lipinski definition) is 7. The molecule has 4 aliphatic rings. The first-order valence-corrected chi connectivity index (χ1v) is 29.3. The van der Waals surface area contributed by atoms with Crippen LogP contribution in [0.15, 0.2) is 48.5 Å². The van der Waals surface area contributed by atoms with Crippen LogP contribution in [-0.4, -0.2) is 232 Å². The number of piperazine rings is 1. The van der Waals surface area contributed by atoms with E-state index in [-0.39, 0.29) is 44.7 Å². The monoisotopic (exact) mass is 1160 g/mol. The van der Waals surface area contributed by atoms with Crippen molar-refractivity contribution in [2.45, 2.75) is 185 Å². The van der Waals surface area contributed by atoms with Gasteiger partial charge in [-0.1, -0.05) is 20.8 Å². The number of nitrogens with one attached hydrogen (secondary N) is 3. The molecule has 4 saturated heterocycles. The number of likely N-dealkylation sites (N-methyl/N-ethyl adjacent to an activating group) is 2. The van der Waals surface area contributed by atoms with Crippen molar-refractivity contribution in [1.82, 2.24) is 20.0 Å². The van der Waals surface area contributed by atoms with Crippen molar-refractivity contribution in [2.24, 2.45) is 17.8 Å². The van der Waals surface area contributed by atoms with Crippen LogP contribution in [0, 0.1) is 17.8 Å². The molecular weight excluding hydrogens is 1060 g/mol. The summed E-state index contributed by atoms with van der Waals surface area (Å²) in [4.78, 5) is 53.4. The van der Waals surface area contributed by atoms with Crippen molar-refractivity contribution < 1.29 is 68.0 Å². The first kappa shape index (κ1) is 66.7. The number of benzene rings is 2. The summed E-state index contributed by atoms with van der Waals surface area (Å²) in [6.07, 6.45) is -10.8. The quantitative estimate of drug-likeness (QED) is 0.121. The molecule has 0 bridgehead atoms. The van der Waals surface area contributed by atoms with Crippen molar-refractivity contribution in [3.63, 3.8) is 0 Å². The lowest BCUT2D eigenvalue weighted by Gasteiger charge is -2.55. The number of esters is 1. The molecule has 0 aromatic heterocycles. The minimum absolute atomic E-state index is 0.0199. The SMILES string of the molecule is CC[C@H]1OC(=O)[C@H](C)[C@@H](O[C@H]2C[C@@](C)(OC)[C@](O)(CN3CCN(C)CC3)[C@H](C)O2)[C@H](C)[C@@H](O[C@@H]2O[C@H](C)C[C@H](N(C)C(=O)Nc3ccc(N(C)C)cc3)[C@H]2OC(=O)Nc2ccc(N(C)C)cc2)[C@](C)(O)C[C@@H](C)CN[C@H](C)[C@@H](O)[C@]1(C)O. The summed E-state index contributed by atoms with van der Waals surface area (Å²) >= 11 is 0. The zero-order valence-corrected chi connectivity index (χ0v) is 51.9. The largest absolute Gasteiger partial charge is 0.459 e. The van der Waals surface area contributed by atoms with Crippen molar-refractivity contribution >= 4 is 40.8 Å². The molecule has 0 spiro atoms. The number of anilines is 4. The molecule has 464 valence electrons. The molecule has 2 aromatic rings. The third-order valence-corrected chi connectivity index (χ3v) is 17.9. The van der Waals surface area contributed by atoms with E-state index in [9.17, 15) is 34.8 Å². The second-order valence-corrected chi connectivity index (χ2v) is 25.1. The number of aliphatic hydroxyl groups excluding tert-OH is 1. The van der Waals surface area contributed by atoms with Gasteiger partial charge in [0.05, 0.1) is 42.0 Å². The number of methoxy groups -OCH3 is 1. The molecule has 0 radical (unpaired) electrons. The van der Waals surface area contributed by atoms with E-state index in [2.05, 4.69) is 32.8 Å². The molecule has 22 heteroatoms. The number of aliphatic hydroxyl groups is 4. The number of rotatable bonds is 14. The summed E-state index contributed by atoms with van der Waals surface area (Å²) in [6, 6.07) is 12.5. The van der Waals surface area contributed by atoms with Crippen LogP contribution in [0.5, 0.6) is 0 Å². The molecule has 0 unspecified atom stereocenters. The van der Waals surface area contributed by atoms with Gasteiger partial charge in [0.1, 0.15) is 29.0 Å². The third-order valence-electron chi connectivity index (χ3n) is 17.9. The van der Waals surface area contributed by atoms with Crippen LogP contribution in [0.4, 0.5) is 32.3 Å². The number of carbonyl (C=O) groups excluding carboxylic acids is 3. The molecule has 7 N–H and O–H groups in total. The maximum absolute atomic E-state index is 14.9. The molecule has 18 atom stereocenters. The Kier molecular flexibility index (Phi) is 22.6. The van der Waals surface area contributed by atoms with Gasteiger partial charge in [-0.15, -0.1) is 0 Å². The second-order valence-electron chi connectivity index (χ2n) is 25.1. The highest BCUT2D eigenvalue weighted by atomic mass is 16.7. The maximum Gasteiger partial charge on any atom is 0.412 e. The van der Waals surface area contributed by atoms with E-state index in [0.29, 0.717) is 11.4 Å². The fourth-order valence-corrected chi connectivity index (χ4v) is 12.4. The van der Waals surface area contributed by atoms with Gasteiger partial charge in [-0.25, -0.2) is 9.59 Å². The van der Waals surface area contributed by atoms with Crippen LogP contribution in [-0.2, 0) is 38.0 Å². The highest BCUT2D eigenvalue weighted by Gasteiger charge is 2.59. The number of β-amino-alcohol motifs (C(OH)–C–C–N with tert-alkyl or cyclic N) is 1. The zero-order chi connectivity index (χ0) is 60.8. The summed E-state index contributed by atoms with van der Waals surface area (Å²) in [5, 5.41) is 58.8. The van der Waals surface area contributed by atoms with Crippen LogP contribution in [0.3, 0.4) is 0 Å². The minimum atomic E-state index is -1.90. The Hall–Kier alpha value is -4.43. The Morgan fingerprint density at radius 2 is 1.38 bits per heavy atom. The Morgan fingerprint density at radius 1 is 0.805 bits per heavy atom. The Morgan fingerprint density at radius 3 is 1.93 bits per heavy atom. The first-order valence-electron chi connectivity index (χ1n) is 29.3. The van der Waals surface area contributed by atoms with Gasteiger partial charge >= 0.3 is 18.1 Å². The van der Waals surface area contributed by atoms with E-state index >= 15 is 0 Å². The number of urea groups is 1. The first-order chi connectivity index (χ1) is 38.3. The lowest BCUT2D eigenvalue weighted by Crippen LogP contribution is -2.71. The average molecular weight is 1160 g/mol. The van der Waals surface area contributed by atoms with E-state index in [0.717, 1.165) is 37.6 Å². The van der Waals surface area contributed by atoms with Gasteiger partial charge < -0.3 is 83.8 Å². The van der Waals surface area contributed by atoms with Crippen molar-refractivity contribution in [3.05, 3.63) is 48.5 Å². The summed E-state index contributed by atoms with van der Waals surface area (Å²) < 4.78 is 46.5. The number of amides is 3. The van der Waals surface area contributed by atoms with Gasteiger partial charge in [0.2, 0.25) is 0 Å². The smallest absolute Gasteiger partial charge is 0.412 e. The van der Waals surface area contributed by atoms with Gasteiger partial charge in [-0.3, -0.25) is 15.0 Å². The van der Waals surface area contributed by atoms with Crippen molar-refractivity contribution in [1.29, 1.82) is 0 Å². The molecular formula is C60H100N8O14. The molecule has 0 aliphatic carbocycles. The molecule has 4 aliphatic heterocycles. The van der Waals surface area contributed by atoms with E-state index in [1.54, 1.807) is 80.0 Å². The number of ether oxygens (including phenoxy) is 7. The van der Waals surface area contributed by atoms with E-state index < -0.39 is 120 Å². The summed E-state index contributed by atoms with van der Waals surface area (Å²) in [5.74, 6) is -3.23. The summed E-state index contributed by atoms with van der Waals surface area (Å²) in [7, 11) is 12.9. The normalized spacial score (nSPS) is 37.6. The number of nitrogens with zero attached hydrogens (tertiary/aromatic N) is 5. The van der Waals surface area contributed by atoms with Crippen LogP contribution in [0.1, 0.15) is 94.9 Å². The average Bonchev–Trinajstić information content (AvgIpc) is 3.59. The maximum atomic E-state index is 14.9. The van der Waals surface area contributed by atoms with Crippen LogP contribution in [0.25, 0.3) is 0 Å². The van der Waals surface area contributed by atoms with Crippen LogP contribution < -0.4 is 25.8 Å². The Balaban J connectivity index is 1.43. The number of hydrogen-bond acceptors (Lipinski definition) is 19. The molecule has 2 aromatic carbocycles. The van der Waals surface area contributed by atoms with Gasteiger partial charge in [-0.05, 0) is 136 Å². The van der Waals surface area contributed by atoms with Crippen LogP contribution >= 0.6 is 0 Å². The Labute approximate surface area is 487 Å². The van der Waals surface area contributed by atoms with E-state index in [4.69, 9.17) is 33.2 Å². The van der Waals surface area contributed by atoms with Gasteiger partial charge in [0, 0.05) is 116 Å². The van der Waals surface area contributed by atoms with Gasteiger partial charge in [0.25, 0.3) is 0 Å². The lowest BCUT2D eigenvalue weighted by molar-refractivity contribution is -0.339. The zero-order valence-electron chi connectivity index (χ0n) is 51.9. The molecule has 3 amide bonds. The fraction of sp³-hybridized carbons (Fsp3) is 0.750. The standard InChI is InChI=1S/C60H100N8O14/c1-18-47-59(10,74)51(69)40(6)61-34-36(2)32-57(8,73)52(38(4)49(39(5)53(70)79-47)80-48-33-58(9,76-17)60(75,41(7)78-48)35-68-29-27-66(15)28-30-68)82-54-50(81-56(72)63-43-21-25-45(26-22-43)65(13)14)46(31-37(3)77-54)67(16)55(71)62-42-19-23-44(24-20-42)64(11)12/h19-26,36-41,46-52,54,61,69,73-75H,18,27-35H2,1-17H3,(H,62,71)(H,63,72)/t36-,37-,38+,39-,40-,41+,46+,47-,48+,49+,50-,51-,52-,54+,57-,58-,59-,60+/m1/s1. The molecule has 22 nitrogen and oxygen atoms in total. The minimum Gasteiger partial charge on any atom is -0.459 e. The fourth-order valence-electron chi connectivity index (χ4n) is 12.4. The molecule has 6 rings (SSSR count). The van der Waals surface area contributed by atoms with E-state index in [1.807, 2.05) is 83.0 Å². The summed E-state index contributed by atoms with van der Waals surface area (Å²) in [6.45, 7) is 21.0. The third kappa shape index (κ3) is 15.7. The number of carbonyl (C=O) groups is 3. The predicted molar refractivity (Wildman–Crippen MR) is 315 cm³/mol. The molecule has 0 saturated carbocycles. The van der Waals surface area contributed by atoms with Crippen molar-refractivity contribution in [3.8, 4) is 0 Å². The summed E-state index contributed by atoms with van der Waals surface area (Å²) in [5.41, 5.74) is -3.61.